The number of hydrogen-bond donors (Lipinski definition) is 1. The fourth-order valence-corrected chi connectivity index (χ4v) is 4.75. The second-order valence-electron chi connectivity index (χ2n) is 11.1. The molecule has 0 spiro atoms. The van der Waals surface area contributed by atoms with E-state index in [1.54, 1.807) is 0 Å². The van der Waals surface area contributed by atoms with Crippen LogP contribution in [0.3, 0.4) is 0 Å². The zero-order chi connectivity index (χ0) is 26.9. The van der Waals surface area contributed by atoms with Gasteiger partial charge in [-0.1, -0.05) is 85.7 Å². The van der Waals surface area contributed by atoms with E-state index in [1.165, 1.54) is 36.5 Å². The van der Waals surface area contributed by atoms with Gasteiger partial charge in [0.25, 0.3) is 0 Å². The monoisotopic (exact) mass is 506 g/mol. The number of allylic oxidation sites excluding steroid dienone is 9. The Morgan fingerprint density at radius 3 is 2.46 bits per heavy atom. The maximum absolute atomic E-state index is 12.4. The van der Waals surface area contributed by atoms with Crippen molar-refractivity contribution in [2.45, 2.75) is 60.2 Å². The third kappa shape index (κ3) is 8.39. The molecule has 3 rings (SSSR count). The number of ether oxygens (including phenoxy) is 3. The van der Waals surface area contributed by atoms with Crippen molar-refractivity contribution in [3.05, 3.63) is 94.6 Å². The molecule has 1 N–H and O–H groups in total. The molecule has 0 atom stereocenters. The highest BCUT2D eigenvalue weighted by molar-refractivity contribution is 5.83. The van der Waals surface area contributed by atoms with Gasteiger partial charge in [-0.15, -0.1) is 0 Å². The number of rotatable bonds is 9. The van der Waals surface area contributed by atoms with Gasteiger partial charge in [-0.3, -0.25) is 0 Å². The predicted octanol–water partition coefficient (Wildman–Crippen LogP) is 6.79. The molecule has 0 radical (unpaired) electrons. The zero-order valence-corrected chi connectivity index (χ0v) is 23.0. The van der Waals surface area contributed by atoms with Crippen molar-refractivity contribution in [1.29, 1.82) is 0 Å². The van der Waals surface area contributed by atoms with Crippen LogP contribution >= 0.6 is 0 Å². The van der Waals surface area contributed by atoms with E-state index in [0.29, 0.717) is 0 Å². The highest BCUT2D eigenvalue weighted by Crippen LogP contribution is 2.40. The molecular formula is C32H42O5. The number of aliphatic hydroxyl groups is 1. The van der Waals surface area contributed by atoms with Crippen molar-refractivity contribution in [3.8, 4) is 0 Å². The summed E-state index contributed by atoms with van der Waals surface area (Å²) in [5, 5.41) is 9.94. The summed E-state index contributed by atoms with van der Waals surface area (Å²) in [6.45, 7) is 11.1. The van der Waals surface area contributed by atoms with Crippen LogP contribution in [0.4, 0.5) is 0 Å². The quantitative estimate of drug-likeness (QED) is 0.227. The number of carbonyl (C=O) groups is 1. The van der Waals surface area contributed by atoms with Crippen molar-refractivity contribution in [2.24, 2.45) is 10.8 Å². The lowest BCUT2D eigenvalue weighted by molar-refractivity contribution is -0.249. The van der Waals surface area contributed by atoms with Gasteiger partial charge in [0.2, 0.25) is 0 Å². The van der Waals surface area contributed by atoms with E-state index in [0.717, 1.165) is 16.7 Å². The van der Waals surface area contributed by atoms with E-state index in [4.69, 9.17) is 14.2 Å². The van der Waals surface area contributed by atoms with E-state index < -0.39 is 17.7 Å². The van der Waals surface area contributed by atoms with Crippen LogP contribution in [0, 0.1) is 10.8 Å². The first-order valence-corrected chi connectivity index (χ1v) is 13.1. The van der Waals surface area contributed by atoms with Crippen molar-refractivity contribution in [1.82, 2.24) is 0 Å². The highest BCUT2D eigenvalue weighted by Gasteiger charge is 2.38. The summed E-state index contributed by atoms with van der Waals surface area (Å²) in [6, 6.07) is 9.64. The van der Waals surface area contributed by atoms with Crippen molar-refractivity contribution < 1.29 is 24.1 Å². The summed E-state index contributed by atoms with van der Waals surface area (Å²) in [5.74, 6) is -0.456. The molecule has 1 aliphatic heterocycles. The second kappa shape index (κ2) is 13.2. The molecule has 37 heavy (non-hydrogen) atoms. The molecule has 1 aromatic carbocycles. The standard InChI is InChI=1S/C32H42O5/c1-24(16-17-28-26(3)13-10-18-31(28,4)5)11-9-12-25(2)19-29(34)35-21-32(20-33)22-36-30(37-23-32)27-14-7-6-8-15-27/h6-9,11-12,14-17,19,30,33H,10,13,18,20-23H2,1-5H3/b12-9+,17-16+,24-11+,25-19+/t30-,32-. The summed E-state index contributed by atoms with van der Waals surface area (Å²) >= 11 is 0. The largest absolute Gasteiger partial charge is 0.462 e. The van der Waals surface area contributed by atoms with Crippen LogP contribution in [0.2, 0.25) is 0 Å². The lowest BCUT2D eigenvalue weighted by Gasteiger charge is -2.38. The van der Waals surface area contributed by atoms with Crippen molar-refractivity contribution in [2.75, 3.05) is 26.4 Å². The number of aliphatic hydroxyl groups excluding tert-OH is 1. The Labute approximate surface area is 222 Å². The first-order valence-electron chi connectivity index (χ1n) is 13.1. The first-order chi connectivity index (χ1) is 17.6. The predicted molar refractivity (Wildman–Crippen MR) is 148 cm³/mol. The average molecular weight is 507 g/mol. The molecule has 0 unspecified atom stereocenters. The van der Waals surface area contributed by atoms with E-state index in [-0.39, 0.29) is 31.8 Å². The summed E-state index contributed by atoms with van der Waals surface area (Å²) < 4.78 is 17.1. The Morgan fingerprint density at radius 2 is 1.81 bits per heavy atom. The molecule has 0 aromatic heterocycles. The molecule has 1 aliphatic carbocycles. The lowest BCUT2D eigenvalue weighted by Crippen LogP contribution is -2.45. The third-order valence-corrected chi connectivity index (χ3v) is 7.13. The Balaban J connectivity index is 1.49. The van der Waals surface area contributed by atoms with Crippen LogP contribution in [-0.2, 0) is 19.0 Å². The smallest absolute Gasteiger partial charge is 0.331 e. The summed E-state index contributed by atoms with van der Waals surface area (Å²) in [5.41, 5.74) is 5.22. The lowest BCUT2D eigenvalue weighted by atomic mass is 9.72. The zero-order valence-electron chi connectivity index (χ0n) is 23.0. The maximum Gasteiger partial charge on any atom is 0.331 e. The van der Waals surface area contributed by atoms with Crippen LogP contribution in [-0.4, -0.2) is 37.5 Å². The summed E-state index contributed by atoms with van der Waals surface area (Å²) in [6.07, 6.45) is 14.9. The molecule has 0 bridgehead atoms. The van der Waals surface area contributed by atoms with Crippen LogP contribution in [0.5, 0.6) is 0 Å². The molecule has 5 nitrogen and oxygen atoms in total. The molecule has 1 aromatic rings. The topological polar surface area (TPSA) is 65.0 Å². The number of esters is 1. The minimum atomic E-state index is -0.772. The van der Waals surface area contributed by atoms with Crippen LogP contribution in [0.15, 0.2) is 89.1 Å². The minimum Gasteiger partial charge on any atom is -0.462 e. The van der Waals surface area contributed by atoms with Crippen LogP contribution in [0.1, 0.15) is 65.7 Å². The Kier molecular flexibility index (Phi) is 10.3. The van der Waals surface area contributed by atoms with E-state index in [2.05, 4.69) is 39.8 Å². The van der Waals surface area contributed by atoms with Gasteiger partial charge in [0.1, 0.15) is 6.61 Å². The molecule has 1 saturated heterocycles. The van der Waals surface area contributed by atoms with Gasteiger partial charge in [0.15, 0.2) is 6.29 Å². The van der Waals surface area contributed by atoms with Gasteiger partial charge in [0, 0.05) is 11.6 Å². The molecule has 5 heteroatoms. The number of hydrogen-bond acceptors (Lipinski definition) is 5. The van der Waals surface area contributed by atoms with Crippen LogP contribution in [0.25, 0.3) is 0 Å². The molecule has 2 aliphatic rings. The molecule has 0 saturated carbocycles. The molecular weight excluding hydrogens is 464 g/mol. The molecule has 1 heterocycles. The van der Waals surface area contributed by atoms with E-state index in [1.807, 2.05) is 55.5 Å². The minimum absolute atomic E-state index is 0.0206. The molecule has 200 valence electrons. The van der Waals surface area contributed by atoms with Gasteiger partial charge in [0.05, 0.1) is 25.2 Å². The Bertz CT molecular complexity index is 1060. The summed E-state index contributed by atoms with van der Waals surface area (Å²) in [7, 11) is 0. The van der Waals surface area contributed by atoms with Gasteiger partial charge < -0.3 is 19.3 Å². The normalized spacial score (nSPS) is 25.2. The highest BCUT2D eigenvalue weighted by atomic mass is 16.7. The van der Waals surface area contributed by atoms with E-state index in [9.17, 15) is 9.90 Å². The SMILES string of the molecule is CC1=C(/C=C/C(C)=C/C=C/C(C)=C/C(=O)OC[C@]2(CO)CO[C@@H](c3ccccc3)OC2)C(C)(C)CCC1. The van der Waals surface area contributed by atoms with Crippen LogP contribution < -0.4 is 0 Å². The molecule has 0 amide bonds. The Morgan fingerprint density at radius 1 is 1.11 bits per heavy atom. The third-order valence-electron chi connectivity index (χ3n) is 7.13. The van der Waals surface area contributed by atoms with Gasteiger partial charge in [-0.05, 0) is 56.6 Å². The van der Waals surface area contributed by atoms with E-state index >= 15 is 0 Å². The number of benzene rings is 1. The summed E-state index contributed by atoms with van der Waals surface area (Å²) in [4.78, 5) is 12.4. The average Bonchev–Trinajstić information content (AvgIpc) is 2.87. The fourth-order valence-electron chi connectivity index (χ4n) is 4.75. The second-order valence-corrected chi connectivity index (χ2v) is 11.1. The van der Waals surface area contributed by atoms with Gasteiger partial charge >= 0.3 is 5.97 Å². The fraction of sp³-hybridized carbons (Fsp3) is 0.469. The number of carbonyl (C=O) groups excluding carboxylic acids is 1. The molecule has 1 fully saturated rings. The maximum atomic E-state index is 12.4. The van der Waals surface area contributed by atoms with Gasteiger partial charge in [-0.25, -0.2) is 4.79 Å². The van der Waals surface area contributed by atoms with Gasteiger partial charge in [-0.2, -0.15) is 0 Å². The van der Waals surface area contributed by atoms with Crippen molar-refractivity contribution >= 4 is 5.97 Å². The van der Waals surface area contributed by atoms with Crippen molar-refractivity contribution in [3.63, 3.8) is 0 Å². The first kappa shape index (κ1) is 28.8. The Hall–Kier alpha value is -2.73.